The van der Waals surface area contributed by atoms with E-state index in [-0.39, 0.29) is 12.5 Å². The summed E-state index contributed by atoms with van der Waals surface area (Å²) in [6, 6.07) is 9.12. The maximum atomic E-state index is 11.5. The molecule has 0 saturated carbocycles. The average molecular weight is 230 g/mol. The molecule has 86 valence electrons. The summed E-state index contributed by atoms with van der Waals surface area (Å²) in [5.74, 6) is 0.404. The van der Waals surface area contributed by atoms with Gasteiger partial charge in [-0.1, -0.05) is 6.07 Å². The first kappa shape index (κ1) is 11.1. The Morgan fingerprint density at radius 1 is 1.35 bits per heavy atom. The molecule has 5 nitrogen and oxygen atoms in total. The van der Waals surface area contributed by atoms with Gasteiger partial charge in [0.2, 0.25) is 6.54 Å². The first-order valence-electron chi connectivity index (χ1n) is 5.14. The summed E-state index contributed by atoms with van der Waals surface area (Å²) in [6.45, 7) is 0.232. The highest BCUT2D eigenvalue weighted by atomic mass is 16.3. The molecule has 0 spiro atoms. The third-order valence-electron chi connectivity index (χ3n) is 2.03. The zero-order valence-electron chi connectivity index (χ0n) is 9.11. The monoisotopic (exact) mass is 230 g/mol. The van der Waals surface area contributed by atoms with Crippen LogP contribution in [-0.2, 0) is 11.3 Å². The number of nitrogens with one attached hydrogen (secondary N) is 1. The molecular formula is C12H12N3O2+. The van der Waals surface area contributed by atoms with E-state index in [1.165, 1.54) is 6.21 Å². The van der Waals surface area contributed by atoms with Crippen LogP contribution in [0.15, 0.2) is 58.5 Å². The summed E-state index contributed by atoms with van der Waals surface area (Å²) in [4.78, 5) is 11.5. The first-order valence-corrected chi connectivity index (χ1v) is 5.14. The van der Waals surface area contributed by atoms with Crippen molar-refractivity contribution in [3.8, 4) is 0 Å². The maximum absolute atomic E-state index is 11.5. The fraction of sp³-hybridized carbons (Fsp3) is 0.0833. The van der Waals surface area contributed by atoms with E-state index in [0.29, 0.717) is 5.76 Å². The predicted octanol–water partition coefficient (Wildman–Crippen LogP) is 0.717. The number of hydrogen-bond acceptors (Lipinski definition) is 3. The van der Waals surface area contributed by atoms with Crippen molar-refractivity contribution in [1.29, 1.82) is 0 Å². The van der Waals surface area contributed by atoms with Gasteiger partial charge in [0.1, 0.15) is 5.76 Å². The molecule has 0 atom stereocenters. The number of aromatic nitrogens is 1. The van der Waals surface area contributed by atoms with Gasteiger partial charge in [-0.3, -0.25) is 4.79 Å². The largest absolute Gasteiger partial charge is 0.463 e. The first-order chi connectivity index (χ1) is 8.34. The van der Waals surface area contributed by atoms with Crippen molar-refractivity contribution in [1.82, 2.24) is 5.43 Å². The van der Waals surface area contributed by atoms with Gasteiger partial charge in [-0.25, -0.2) is 5.43 Å². The second-order valence-corrected chi connectivity index (χ2v) is 3.36. The highest BCUT2D eigenvalue weighted by Crippen LogP contribution is 1.94. The fourth-order valence-corrected chi connectivity index (χ4v) is 1.27. The van der Waals surface area contributed by atoms with Crippen LogP contribution in [0.5, 0.6) is 0 Å². The molecule has 0 bridgehead atoms. The highest BCUT2D eigenvalue weighted by molar-refractivity contribution is 5.79. The minimum atomic E-state index is -0.191. The Morgan fingerprint density at radius 3 is 2.88 bits per heavy atom. The minimum Gasteiger partial charge on any atom is -0.463 e. The van der Waals surface area contributed by atoms with Crippen LogP contribution in [0.25, 0.3) is 0 Å². The Bertz CT molecular complexity index is 492. The quantitative estimate of drug-likeness (QED) is 0.478. The summed E-state index contributed by atoms with van der Waals surface area (Å²) in [5, 5.41) is 3.78. The van der Waals surface area contributed by atoms with Crippen molar-refractivity contribution in [3.05, 3.63) is 54.7 Å². The Hall–Kier alpha value is -2.43. The number of nitrogens with zero attached hydrogens (tertiary/aromatic N) is 2. The number of carbonyl (C=O) groups is 1. The van der Waals surface area contributed by atoms with Crippen molar-refractivity contribution in [3.63, 3.8) is 0 Å². The predicted molar refractivity (Wildman–Crippen MR) is 61.1 cm³/mol. The summed E-state index contributed by atoms with van der Waals surface area (Å²) in [7, 11) is 0. The summed E-state index contributed by atoms with van der Waals surface area (Å²) in [6.07, 6.45) is 6.63. The molecule has 0 aromatic carbocycles. The minimum absolute atomic E-state index is 0.191. The lowest BCUT2D eigenvalue weighted by Crippen LogP contribution is -2.40. The van der Waals surface area contributed by atoms with Gasteiger partial charge in [0.05, 0.1) is 12.5 Å². The maximum Gasteiger partial charge on any atom is 0.305 e. The number of carbonyl (C=O) groups excluding carboxylic acids is 1. The van der Waals surface area contributed by atoms with Crippen molar-refractivity contribution >= 4 is 12.1 Å². The summed E-state index contributed by atoms with van der Waals surface area (Å²) in [5.41, 5.74) is 2.42. The topological polar surface area (TPSA) is 58.5 Å². The van der Waals surface area contributed by atoms with Gasteiger partial charge in [0.15, 0.2) is 12.4 Å². The fourth-order valence-electron chi connectivity index (χ4n) is 1.27. The van der Waals surface area contributed by atoms with E-state index in [2.05, 4.69) is 10.5 Å². The Labute approximate surface area is 98.4 Å². The van der Waals surface area contributed by atoms with Gasteiger partial charge in [0.25, 0.3) is 0 Å². The van der Waals surface area contributed by atoms with Crippen LogP contribution in [0.1, 0.15) is 5.76 Å². The third-order valence-corrected chi connectivity index (χ3v) is 2.03. The SMILES string of the molecule is O=C(C[n+]1ccccc1)NN=Cc1ccco1. The molecule has 0 aliphatic carbocycles. The van der Waals surface area contributed by atoms with E-state index < -0.39 is 0 Å². The zero-order chi connectivity index (χ0) is 11.9. The van der Waals surface area contributed by atoms with Gasteiger partial charge in [-0.15, -0.1) is 0 Å². The molecule has 0 saturated heterocycles. The van der Waals surface area contributed by atoms with E-state index in [1.54, 1.807) is 23.0 Å². The van der Waals surface area contributed by atoms with Crippen LogP contribution in [0.2, 0.25) is 0 Å². The number of furan rings is 1. The second-order valence-electron chi connectivity index (χ2n) is 3.36. The lowest BCUT2D eigenvalue weighted by Gasteiger charge is -1.95. The van der Waals surface area contributed by atoms with Gasteiger partial charge in [-0.05, 0) is 12.1 Å². The molecule has 0 aliphatic heterocycles. The van der Waals surface area contributed by atoms with Gasteiger partial charge < -0.3 is 4.42 Å². The molecule has 0 radical (unpaired) electrons. The molecule has 2 rings (SSSR count). The normalized spacial score (nSPS) is 10.6. The van der Waals surface area contributed by atoms with Crippen molar-refractivity contribution < 1.29 is 13.8 Å². The van der Waals surface area contributed by atoms with Gasteiger partial charge in [0, 0.05) is 12.1 Å². The van der Waals surface area contributed by atoms with E-state index >= 15 is 0 Å². The molecule has 5 heteroatoms. The second kappa shape index (κ2) is 5.60. The average Bonchev–Trinajstić information content (AvgIpc) is 2.83. The molecule has 1 N–H and O–H groups in total. The molecule has 17 heavy (non-hydrogen) atoms. The van der Waals surface area contributed by atoms with E-state index in [1.807, 2.05) is 30.6 Å². The Kier molecular flexibility index (Phi) is 3.64. The summed E-state index contributed by atoms with van der Waals surface area (Å²) >= 11 is 0. The summed E-state index contributed by atoms with van der Waals surface area (Å²) < 4.78 is 6.79. The number of rotatable bonds is 4. The Morgan fingerprint density at radius 2 is 2.18 bits per heavy atom. The molecule has 2 aromatic rings. The zero-order valence-corrected chi connectivity index (χ0v) is 9.11. The number of hydrogen-bond donors (Lipinski definition) is 1. The molecule has 2 heterocycles. The van der Waals surface area contributed by atoms with Crippen molar-refractivity contribution in [2.24, 2.45) is 5.10 Å². The molecule has 0 fully saturated rings. The number of pyridine rings is 1. The third kappa shape index (κ3) is 3.57. The van der Waals surface area contributed by atoms with Crippen molar-refractivity contribution in [2.75, 3.05) is 0 Å². The number of amides is 1. The van der Waals surface area contributed by atoms with Gasteiger partial charge >= 0.3 is 5.91 Å². The molecular weight excluding hydrogens is 218 g/mol. The number of hydrazone groups is 1. The standard InChI is InChI=1S/C12H11N3O2/c16-12(10-15-6-2-1-3-7-15)14-13-9-11-5-4-8-17-11/h1-9H,10H2/p+1. The van der Waals surface area contributed by atoms with Crippen LogP contribution < -0.4 is 9.99 Å². The molecule has 2 aromatic heterocycles. The van der Waals surface area contributed by atoms with Crippen LogP contribution >= 0.6 is 0 Å². The molecule has 0 aliphatic rings. The van der Waals surface area contributed by atoms with E-state index in [4.69, 9.17) is 4.42 Å². The van der Waals surface area contributed by atoms with Crippen LogP contribution in [-0.4, -0.2) is 12.1 Å². The molecule has 1 amide bonds. The van der Waals surface area contributed by atoms with E-state index in [0.717, 1.165) is 0 Å². The highest BCUT2D eigenvalue weighted by Gasteiger charge is 2.06. The lowest BCUT2D eigenvalue weighted by atomic mass is 10.4. The lowest BCUT2D eigenvalue weighted by molar-refractivity contribution is -0.684. The van der Waals surface area contributed by atoms with Crippen molar-refractivity contribution in [2.45, 2.75) is 6.54 Å². The van der Waals surface area contributed by atoms with Crippen LogP contribution in [0, 0.1) is 0 Å². The van der Waals surface area contributed by atoms with E-state index in [9.17, 15) is 4.79 Å². The van der Waals surface area contributed by atoms with Gasteiger partial charge in [-0.2, -0.15) is 9.67 Å². The van der Waals surface area contributed by atoms with Crippen LogP contribution in [0.4, 0.5) is 0 Å². The Balaban J connectivity index is 1.82. The smallest absolute Gasteiger partial charge is 0.305 e. The molecule has 0 unspecified atom stereocenters. The van der Waals surface area contributed by atoms with Crippen LogP contribution in [0.3, 0.4) is 0 Å².